The molecule has 0 spiro atoms. The lowest BCUT2D eigenvalue weighted by atomic mass is 10.2. The van der Waals surface area contributed by atoms with Gasteiger partial charge in [-0.25, -0.2) is 4.98 Å². The highest BCUT2D eigenvalue weighted by Gasteiger charge is 2.17. The third kappa shape index (κ3) is 3.89. The predicted octanol–water partition coefficient (Wildman–Crippen LogP) is 1.46. The second-order valence-electron chi connectivity index (χ2n) is 3.97. The van der Waals surface area contributed by atoms with Crippen molar-refractivity contribution in [1.29, 1.82) is 5.26 Å². The summed E-state index contributed by atoms with van der Waals surface area (Å²) in [5.41, 5.74) is -0.507. The highest BCUT2D eigenvalue weighted by Crippen LogP contribution is 2.20. The molecule has 1 N–H and O–H groups in total. The van der Waals surface area contributed by atoms with E-state index in [0.29, 0.717) is 18.9 Å². The van der Waals surface area contributed by atoms with E-state index in [1.54, 1.807) is 6.07 Å². The van der Waals surface area contributed by atoms with Gasteiger partial charge in [0, 0.05) is 19.2 Å². The van der Waals surface area contributed by atoms with Gasteiger partial charge in [0.05, 0.1) is 11.5 Å². The maximum Gasteiger partial charge on any atom is 0.305 e. The minimum absolute atomic E-state index is 0.0374. The summed E-state index contributed by atoms with van der Waals surface area (Å²) in [5.74, 6) is 0.477. The number of aromatic nitrogens is 1. The SMILES string of the molecule is CCCCN(CCO)c1ccc([N+](=O)[O-])c(C#N)n1. The molecule has 19 heavy (non-hydrogen) atoms. The second kappa shape index (κ2) is 7.28. The van der Waals surface area contributed by atoms with Crippen molar-refractivity contribution in [3.63, 3.8) is 0 Å². The van der Waals surface area contributed by atoms with Crippen LogP contribution in [0.5, 0.6) is 0 Å². The molecule has 0 bridgehead atoms. The van der Waals surface area contributed by atoms with E-state index in [0.717, 1.165) is 12.8 Å². The molecule has 0 atom stereocenters. The van der Waals surface area contributed by atoms with Gasteiger partial charge in [0.25, 0.3) is 0 Å². The van der Waals surface area contributed by atoms with Crippen molar-refractivity contribution in [2.75, 3.05) is 24.6 Å². The zero-order valence-electron chi connectivity index (χ0n) is 10.7. The number of nitro groups is 1. The van der Waals surface area contributed by atoms with Gasteiger partial charge in [0.2, 0.25) is 5.69 Å². The normalized spacial score (nSPS) is 9.95. The Morgan fingerprint density at radius 2 is 2.26 bits per heavy atom. The number of hydrogen-bond donors (Lipinski definition) is 1. The van der Waals surface area contributed by atoms with Gasteiger partial charge in [-0.1, -0.05) is 13.3 Å². The van der Waals surface area contributed by atoms with Crippen LogP contribution in [-0.2, 0) is 0 Å². The molecule has 0 fully saturated rings. The molecule has 0 aliphatic rings. The lowest BCUT2D eigenvalue weighted by molar-refractivity contribution is -0.385. The molecule has 0 aliphatic heterocycles. The molecule has 1 aromatic rings. The molecule has 102 valence electrons. The van der Waals surface area contributed by atoms with Crippen LogP contribution in [0.3, 0.4) is 0 Å². The Morgan fingerprint density at radius 3 is 2.79 bits per heavy atom. The number of aliphatic hydroxyl groups excluding tert-OH is 1. The van der Waals surface area contributed by atoms with Crippen molar-refractivity contribution in [1.82, 2.24) is 4.98 Å². The number of nitriles is 1. The van der Waals surface area contributed by atoms with Gasteiger partial charge >= 0.3 is 5.69 Å². The maximum atomic E-state index is 10.7. The van der Waals surface area contributed by atoms with Crippen LogP contribution >= 0.6 is 0 Å². The molecule has 7 nitrogen and oxygen atoms in total. The number of aliphatic hydroxyl groups is 1. The van der Waals surface area contributed by atoms with Gasteiger partial charge in [-0.15, -0.1) is 0 Å². The maximum absolute atomic E-state index is 10.7. The Bertz CT molecular complexity index is 484. The summed E-state index contributed by atoms with van der Waals surface area (Å²) in [4.78, 5) is 15.9. The first-order valence-corrected chi connectivity index (χ1v) is 6.05. The highest BCUT2D eigenvalue weighted by molar-refractivity contribution is 5.51. The molecule has 0 unspecified atom stereocenters. The lowest BCUT2D eigenvalue weighted by Gasteiger charge is -2.22. The molecule has 1 aromatic heterocycles. The number of hydrogen-bond acceptors (Lipinski definition) is 6. The monoisotopic (exact) mass is 264 g/mol. The van der Waals surface area contributed by atoms with Crippen molar-refractivity contribution in [3.05, 3.63) is 27.9 Å². The minimum Gasteiger partial charge on any atom is -0.395 e. The topological polar surface area (TPSA) is 103 Å². The summed E-state index contributed by atoms with van der Waals surface area (Å²) >= 11 is 0. The summed E-state index contributed by atoms with van der Waals surface area (Å²) < 4.78 is 0. The largest absolute Gasteiger partial charge is 0.395 e. The standard InChI is InChI=1S/C12H16N4O3/c1-2-3-6-15(7-8-17)12-5-4-11(16(18)19)10(9-13)14-12/h4-5,17H,2-3,6-8H2,1H3. The van der Waals surface area contributed by atoms with Gasteiger partial charge in [0.1, 0.15) is 11.9 Å². The van der Waals surface area contributed by atoms with Gasteiger partial charge < -0.3 is 10.0 Å². The smallest absolute Gasteiger partial charge is 0.305 e. The van der Waals surface area contributed by atoms with Crippen LogP contribution in [-0.4, -0.2) is 34.7 Å². The molecule has 0 saturated carbocycles. The Hall–Kier alpha value is -2.20. The van der Waals surface area contributed by atoms with Crippen LogP contribution < -0.4 is 4.90 Å². The minimum atomic E-state index is -0.627. The average molecular weight is 264 g/mol. The van der Waals surface area contributed by atoms with Gasteiger partial charge in [-0.05, 0) is 12.5 Å². The third-order valence-corrected chi connectivity index (χ3v) is 2.64. The molecule has 0 saturated heterocycles. The molecule has 0 radical (unpaired) electrons. The second-order valence-corrected chi connectivity index (χ2v) is 3.97. The van der Waals surface area contributed by atoms with E-state index in [4.69, 9.17) is 10.4 Å². The summed E-state index contributed by atoms with van der Waals surface area (Å²) in [6.07, 6.45) is 1.90. The van der Waals surface area contributed by atoms with Crippen LogP contribution in [0.2, 0.25) is 0 Å². The van der Waals surface area contributed by atoms with Gasteiger partial charge in [0.15, 0.2) is 0 Å². The summed E-state index contributed by atoms with van der Waals surface area (Å²) in [6.45, 7) is 3.08. The van der Waals surface area contributed by atoms with E-state index >= 15 is 0 Å². The van der Waals surface area contributed by atoms with E-state index in [2.05, 4.69) is 4.98 Å². The van der Waals surface area contributed by atoms with Gasteiger partial charge in [-0.3, -0.25) is 10.1 Å². The first-order chi connectivity index (χ1) is 9.13. The van der Waals surface area contributed by atoms with Crippen molar-refractivity contribution in [3.8, 4) is 6.07 Å². The first kappa shape index (κ1) is 14.9. The highest BCUT2D eigenvalue weighted by atomic mass is 16.6. The van der Waals surface area contributed by atoms with E-state index in [1.807, 2.05) is 11.8 Å². The summed E-state index contributed by atoms with van der Waals surface area (Å²) in [6, 6.07) is 4.51. The molecule has 0 aromatic carbocycles. The number of rotatable bonds is 7. The molecular formula is C12H16N4O3. The molecule has 0 amide bonds. The summed E-state index contributed by atoms with van der Waals surface area (Å²) in [5, 5.41) is 28.6. The Kier molecular flexibility index (Phi) is 5.70. The number of unbranched alkanes of at least 4 members (excludes halogenated alkanes) is 1. The molecular weight excluding hydrogens is 248 g/mol. The van der Waals surface area contributed by atoms with Crippen molar-refractivity contribution in [2.45, 2.75) is 19.8 Å². The number of anilines is 1. The van der Waals surface area contributed by atoms with Crippen LogP contribution in [0.1, 0.15) is 25.5 Å². The average Bonchev–Trinajstić information content (AvgIpc) is 2.42. The molecule has 1 heterocycles. The van der Waals surface area contributed by atoms with Crippen molar-refractivity contribution < 1.29 is 10.0 Å². The third-order valence-electron chi connectivity index (χ3n) is 2.64. The predicted molar refractivity (Wildman–Crippen MR) is 69.8 cm³/mol. The quantitative estimate of drug-likeness (QED) is 0.590. The van der Waals surface area contributed by atoms with Crippen molar-refractivity contribution >= 4 is 11.5 Å². The molecule has 0 aliphatic carbocycles. The van der Waals surface area contributed by atoms with E-state index in [1.165, 1.54) is 12.1 Å². The summed E-state index contributed by atoms with van der Waals surface area (Å²) in [7, 11) is 0. The fraction of sp³-hybridized carbons (Fsp3) is 0.500. The number of nitrogens with zero attached hydrogens (tertiary/aromatic N) is 4. The van der Waals surface area contributed by atoms with Crippen LogP contribution in [0, 0.1) is 21.4 Å². The van der Waals surface area contributed by atoms with Crippen LogP contribution in [0.25, 0.3) is 0 Å². The molecule has 1 rings (SSSR count). The fourth-order valence-electron chi connectivity index (χ4n) is 1.66. The Labute approximate surface area is 111 Å². The van der Waals surface area contributed by atoms with E-state index in [9.17, 15) is 10.1 Å². The number of pyridine rings is 1. The Balaban J connectivity index is 3.04. The van der Waals surface area contributed by atoms with Gasteiger partial charge in [-0.2, -0.15) is 5.26 Å². The molecule has 7 heteroatoms. The van der Waals surface area contributed by atoms with E-state index in [-0.39, 0.29) is 18.0 Å². The lowest BCUT2D eigenvalue weighted by Crippen LogP contribution is -2.28. The Morgan fingerprint density at radius 1 is 1.53 bits per heavy atom. The van der Waals surface area contributed by atoms with E-state index < -0.39 is 4.92 Å². The fourth-order valence-corrected chi connectivity index (χ4v) is 1.66. The zero-order chi connectivity index (χ0) is 14.3. The van der Waals surface area contributed by atoms with Crippen LogP contribution in [0.4, 0.5) is 11.5 Å². The van der Waals surface area contributed by atoms with Crippen LogP contribution in [0.15, 0.2) is 12.1 Å². The first-order valence-electron chi connectivity index (χ1n) is 6.05. The van der Waals surface area contributed by atoms with Crippen molar-refractivity contribution in [2.24, 2.45) is 0 Å². The zero-order valence-corrected chi connectivity index (χ0v) is 10.7.